The molecule has 2 aromatic carbocycles. The predicted octanol–water partition coefficient (Wildman–Crippen LogP) is 7.32. The molecule has 2 atom stereocenters. The average Bonchev–Trinajstić information content (AvgIpc) is 3.14. The quantitative estimate of drug-likeness (QED) is 0.357. The molecule has 6 nitrogen and oxygen atoms in total. The molecular formula is C33H44N2O4. The number of ether oxygens (including phenoxy) is 2. The lowest BCUT2D eigenvalue weighted by Crippen LogP contribution is -2.27. The summed E-state index contributed by atoms with van der Waals surface area (Å²) in [5, 5.41) is 4.74. The van der Waals surface area contributed by atoms with Crippen LogP contribution in [-0.2, 0) is 15.9 Å². The van der Waals surface area contributed by atoms with E-state index in [0.717, 1.165) is 48.8 Å². The highest BCUT2D eigenvalue weighted by Gasteiger charge is 2.28. The monoisotopic (exact) mass is 532 g/mol. The fraction of sp³-hybridized carbons (Fsp3) is 0.515. The SMILES string of the molecule is Cc1cc(C)c2c(ccn2C(=O)OC(C)(C)C)c1C[C@@H]1CCCNC[C@H]1c1ccc(C(=O)OC(C)(C)C)cc1. The lowest BCUT2D eigenvalue weighted by Gasteiger charge is -2.27. The third-order valence-electron chi connectivity index (χ3n) is 7.39. The Hall–Kier alpha value is -3.12. The maximum atomic E-state index is 13.0. The number of aromatic nitrogens is 1. The van der Waals surface area contributed by atoms with E-state index in [4.69, 9.17) is 9.47 Å². The van der Waals surface area contributed by atoms with Gasteiger partial charge in [0.25, 0.3) is 0 Å². The van der Waals surface area contributed by atoms with Crippen molar-refractivity contribution < 1.29 is 19.1 Å². The first-order valence-corrected chi connectivity index (χ1v) is 14.1. The van der Waals surface area contributed by atoms with E-state index in [1.54, 1.807) is 4.57 Å². The Morgan fingerprint density at radius 3 is 2.26 bits per heavy atom. The molecule has 6 heteroatoms. The van der Waals surface area contributed by atoms with E-state index in [1.807, 2.05) is 59.9 Å². The fourth-order valence-corrected chi connectivity index (χ4v) is 5.72. The summed E-state index contributed by atoms with van der Waals surface area (Å²) in [7, 11) is 0. The van der Waals surface area contributed by atoms with Crippen molar-refractivity contribution in [2.24, 2.45) is 5.92 Å². The minimum Gasteiger partial charge on any atom is -0.456 e. The molecule has 1 aliphatic heterocycles. The predicted molar refractivity (Wildman–Crippen MR) is 157 cm³/mol. The number of carbonyl (C=O) groups is 2. The van der Waals surface area contributed by atoms with Gasteiger partial charge in [-0.3, -0.25) is 4.57 Å². The van der Waals surface area contributed by atoms with Gasteiger partial charge in [0.2, 0.25) is 0 Å². The van der Waals surface area contributed by atoms with Gasteiger partial charge in [0.15, 0.2) is 0 Å². The van der Waals surface area contributed by atoms with Crippen LogP contribution in [0.25, 0.3) is 10.9 Å². The molecule has 1 aliphatic rings. The van der Waals surface area contributed by atoms with Crippen LogP contribution in [0.5, 0.6) is 0 Å². The highest BCUT2D eigenvalue weighted by atomic mass is 16.6. The second kappa shape index (κ2) is 11.2. The number of carbonyl (C=O) groups excluding carboxylic acids is 2. The van der Waals surface area contributed by atoms with Gasteiger partial charge >= 0.3 is 12.1 Å². The minimum atomic E-state index is -0.561. The molecule has 39 heavy (non-hydrogen) atoms. The third-order valence-corrected chi connectivity index (χ3v) is 7.39. The number of nitrogens with one attached hydrogen (secondary N) is 1. The molecule has 0 saturated carbocycles. The van der Waals surface area contributed by atoms with E-state index in [9.17, 15) is 9.59 Å². The number of benzene rings is 2. The molecule has 1 N–H and O–H groups in total. The van der Waals surface area contributed by atoms with Crippen LogP contribution in [0.15, 0.2) is 42.6 Å². The zero-order valence-electron chi connectivity index (χ0n) is 24.8. The summed E-state index contributed by atoms with van der Waals surface area (Å²) in [6.07, 6.45) is 4.63. The van der Waals surface area contributed by atoms with Crippen molar-refractivity contribution in [1.29, 1.82) is 0 Å². The number of hydrogen-bond acceptors (Lipinski definition) is 5. The zero-order valence-corrected chi connectivity index (χ0v) is 24.8. The Balaban J connectivity index is 1.65. The molecule has 0 unspecified atom stereocenters. The van der Waals surface area contributed by atoms with Crippen molar-refractivity contribution in [2.45, 2.75) is 91.8 Å². The van der Waals surface area contributed by atoms with E-state index in [0.29, 0.717) is 17.4 Å². The molecule has 1 aromatic heterocycles. The number of aryl methyl sites for hydroxylation is 2. The molecule has 0 aliphatic carbocycles. The van der Waals surface area contributed by atoms with Crippen molar-refractivity contribution in [3.05, 3.63) is 70.4 Å². The number of hydrogen-bond donors (Lipinski definition) is 1. The Morgan fingerprint density at radius 2 is 1.62 bits per heavy atom. The number of rotatable bonds is 4. The average molecular weight is 533 g/mol. The summed E-state index contributed by atoms with van der Waals surface area (Å²) in [6, 6.07) is 12.2. The van der Waals surface area contributed by atoms with Crippen LogP contribution in [0.3, 0.4) is 0 Å². The van der Waals surface area contributed by atoms with Crippen LogP contribution >= 0.6 is 0 Å². The highest BCUT2D eigenvalue weighted by Crippen LogP contribution is 2.36. The maximum absolute atomic E-state index is 13.0. The lowest BCUT2D eigenvalue weighted by atomic mass is 9.78. The molecule has 1 fully saturated rings. The first-order chi connectivity index (χ1) is 18.2. The lowest BCUT2D eigenvalue weighted by molar-refractivity contribution is 0.00692. The van der Waals surface area contributed by atoms with Gasteiger partial charge in [-0.25, -0.2) is 9.59 Å². The molecule has 3 aromatic rings. The van der Waals surface area contributed by atoms with Crippen molar-refractivity contribution >= 4 is 23.0 Å². The Morgan fingerprint density at radius 1 is 0.949 bits per heavy atom. The van der Waals surface area contributed by atoms with Gasteiger partial charge in [0, 0.05) is 18.1 Å². The van der Waals surface area contributed by atoms with Crippen molar-refractivity contribution in [3.63, 3.8) is 0 Å². The van der Waals surface area contributed by atoms with Gasteiger partial charge in [-0.2, -0.15) is 0 Å². The van der Waals surface area contributed by atoms with Crippen LogP contribution in [0.4, 0.5) is 4.79 Å². The summed E-state index contributed by atoms with van der Waals surface area (Å²) >= 11 is 0. The Kier molecular flexibility index (Phi) is 8.27. The van der Waals surface area contributed by atoms with Crippen molar-refractivity contribution in [1.82, 2.24) is 9.88 Å². The summed E-state index contributed by atoms with van der Waals surface area (Å²) in [4.78, 5) is 25.6. The Labute approximate surface area is 233 Å². The van der Waals surface area contributed by atoms with Crippen molar-refractivity contribution in [3.8, 4) is 0 Å². The molecule has 0 spiro atoms. The fourth-order valence-electron chi connectivity index (χ4n) is 5.72. The molecule has 2 heterocycles. The summed E-state index contributed by atoms with van der Waals surface area (Å²) in [5.41, 5.74) is 5.26. The third kappa shape index (κ3) is 6.91. The minimum absolute atomic E-state index is 0.295. The normalized spacial score (nSPS) is 18.6. The summed E-state index contributed by atoms with van der Waals surface area (Å²) < 4.78 is 12.9. The number of fused-ring (bicyclic) bond motifs is 1. The van der Waals surface area contributed by atoms with E-state index in [1.165, 1.54) is 16.7 Å². The largest absolute Gasteiger partial charge is 0.456 e. The highest BCUT2D eigenvalue weighted by molar-refractivity contribution is 5.94. The molecule has 1 saturated heterocycles. The smallest absolute Gasteiger partial charge is 0.418 e. The number of nitrogens with zero attached hydrogens (tertiary/aromatic N) is 1. The van der Waals surface area contributed by atoms with E-state index in [2.05, 4.69) is 43.4 Å². The van der Waals surface area contributed by atoms with Gasteiger partial charge in [0.05, 0.1) is 11.1 Å². The molecule has 210 valence electrons. The topological polar surface area (TPSA) is 69.6 Å². The standard InChI is InChI=1S/C33H44N2O4/c1-21-18-22(2)29-26(15-17-35(29)31(37)39-33(6,7)8)27(21)19-25-10-9-16-34-20-28(25)23-11-13-24(14-12-23)30(36)38-32(3,4)5/h11-15,17-18,25,28,34H,9-10,16,19-20H2,1-8H3/t25-,28-/m0/s1. The van der Waals surface area contributed by atoms with Crippen LogP contribution in [0.1, 0.15) is 92.9 Å². The van der Waals surface area contributed by atoms with Gasteiger partial charge in [-0.1, -0.05) is 18.2 Å². The Bertz CT molecular complexity index is 1340. The molecule has 0 amide bonds. The molecule has 4 rings (SSSR count). The van der Waals surface area contributed by atoms with E-state index < -0.39 is 11.2 Å². The summed E-state index contributed by atoms with van der Waals surface area (Å²) in [6.45, 7) is 17.4. The van der Waals surface area contributed by atoms with Gasteiger partial charge in [0.1, 0.15) is 11.2 Å². The van der Waals surface area contributed by atoms with Crippen LogP contribution in [0, 0.1) is 19.8 Å². The first-order valence-electron chi connectivity index (χ1n) is 14.1. The second-order valence-corrected chi connectivity index (χ2v) is 13.0. The number of esters is 1. The van der Waals surface area contributed by atoms with Gasteiger partial charge in [-0.15, -0.1) is 0 Å². The van der Waals surface area contributed by atoms with Crippen LogP contribution < -0.4 is 5.32 Å². The molecular weight excluding hydrogens is 488 g/mol. The molecule has 0 bridgehead atoms. The second-order valence-electron chi connectivity index (χ2n) is 13.0. The van der Waals surface area contributed by atoms with Crippen LogP contribution in [0.2, 0.25) is 0 Å². The van der Waals surface area contributed by atoms with E-state index >= 15 is 0 Å². The van der Waals surface area contributed by atoms with Gasteiger partial charge < -0.3 is 14.8 Å². The van der Waals surface area contributed by atoms with Crippen LogP contribution in [-0.4, -0.2) is 40.9 Å². The summed E-state index contributed by atoms with van der Waals surface area (Å²) in [5.74, 6) is 0.433. The molecule has 0 radical (unpaired) electrons. The maximum Gasteiger partial charge on any atom is 0.418 e. The zero-order chi connectivity index (χ0) is 28.5. The first kappa shape index (κ1) is 28.9. The van der Waals surface area contributed by atoms with Crippen molar-refractivity contribution in [2.75, 3.05) is 13.1 Å². The van der Waals surface area contributed by atoms with E-state index in [-0.39, 0.29) is 12.1 Å². The van der Waals surface area contributed by atoms with Gasteiger partial charge in [-0.05, 0) is 133 Å².